The number of aldehydes is 1. The van der Waals surface area contributed by atoms with Crippen molar-refractivity contribution in [1.29, 1.82) is 0 Å². The van der Waals surface area contributed by atoms with Crippen LogP contribution < -0.4 is 14.2 Å². The second kappa shape index (κ2) is 7.23. The molecule has 0 aliphatic rings. The van der Waals surface area contributed by atoms with E-state index in [-0.39, 0.29) is 5.75 Å². The standard InChI is InChI=1S/C20H18O6/c1-23-17-10-13(11-21)18(20(25-3)19(17)24-2)14-9-12(6-7-15(14)22)16-5-4-8-26-16/h4-11,22H,1-3H3. The smallest absolute Gasteiger partial charge is 0.203 e. The summed E-state index contributed by atoms with van der Waals surface area (Å²) < 4.78 is 21.6. The Morgan fingerprint density at radius 2 is 1.77 bits per heavy atom. The number of rotatable bonds is 6. The van der Waals surface area contributed by atoms with Gasteiger partial charge in [0.2, 0.25) is 5.75 Å². The molecule has 0 aliphatic heterocycles. The minimum Gasteiger partial charge on any atom is -0.507 e. The van der Waals surface area contributed by atoms with Gasteiger partial charge in [-0.3, -0.25) is 4.79 Å². The molecule has 0 saturated heterocycles. The first-order valence-corrected chi connectivity index (χ1v) is 7.80. The van der Waals surface area contributed by atoms with E-state index in [1.165, 1.54) is 27.4 Å². The number of benzene rings is 2. The van der Waals surface area contributed by atoms with E-state index in [1.54, 1.807) is 30.5 Å². The van der Waals surface area contributed by atoms with Gasteiger partial charge in [0.15, 0.2) is 17.8 Å². The highest BCUT2D eigenvalue weighted by atomic mass is 16.5. The third kappa shape index (κ3) is 2.86. The van der Waals surface area contributed by atoms with E-state index >= 15 is 0 Å². The van der Waals surface area contributed by atoms with Crippen molar-refractivity contribution in [1.82, 2.24) is 0 Å². The Kier molecular flexibility index (Phi) is 4.84. The lowest BCUT2D eigenvalue weighted by molar-refractivity contribution is 0.112. The molecule has 0 saturated carbocycles. The molecule has 1 heterocycles. The van der Waals surface area contributed by atoms with Crippen molar-refractivity contribution in [2.75, 3.05) is 21.3 Å². The average Bonchev–Trinajstić information content (AvgIpc) is 3.21. The van der Waals surface area contributed by atoms with Crippen molar-refractivity contribution < 1.29 is 28.5 Å². The predicted octanol–water partition coefficient (Wildman–Crippen LogP) is 4.16. The fourth-order valence-corrected chi connectivity index (χ4v) is 2.88. The molecule has 0 fully saturated rings. The van der Waals surface area contributed by atoms with Gasteiger partial charge >= 0.3 is 0 Å². The van der Waals surface area contributed by atoms with Gasteiger partial charge in [-0.15, -0.1) is 0 Å². The maximum atomic E-state index is 11.7. The molecule has 6 heteroatoms. The maximum Gasteiger partial charge on any atom is 0.203 e. The molecule has 26 heavy (non-hydrogen) atoms. The first kappa shape index (κ1) is 17.4. The van der Waals surface area contributed by atoms with E-state index < -0.39 is 0 Å². The molecule has 2 aromatic carbocycles. The number of ether oxygens (including phenoxy) is 3. The van der Waals surface area contributed by atoms with E-state index in [0.717, 1.165) is 5.56 Å². The second-order valence-electron chi connectivity index (χ2n) is 5.44. The minimum absolute atomic E-state index is 0.00562. The van der Waals surface area contributed by atoms with Crippen LogP contribution in [0, 0.1) is 0 Å². The lowest BCUT2D eigenvalue weighted by atomic mass is 9.95. The fraction of sp³-hybridized carbons (Fsp3) is 0.150. The second-order valence-corrected chi connectivity index (χ2v) is 5.44. The van der Waals surface area contributed by atoms with Crippen LogP contribution >= 0.6 is 0 Å². The Morgan fingerprint density at radius 3 is 2.35 bits per heavy atom. The van der Waals surface area contributed by atoms with E-state index in [4.69, 9.17) is 18.6 Å². The molecule has 1 N–H and O–H groups in total. The zero-order valence-electron chi connectivity index (χ0n) is 14.6. The van der Waals surface area contributed by atoms with Crippen molar-refractivity contribution >= 4 is 6.29 Å². The third-order valence-electron chi connectivity index (χ3n) is 4.06. The van der Waals surface area contributed by atoms with Crippen molar-refractivity contribution in [3.8, 4) is 45.4 Å². The summed E-state index contributed by atoms with van der Waals surface area (Å²) in [5.74, 6) is 1.61. The molecule has 0 spiro atoms. The first-order valence-electron chi connectivity index (χ1n) is 7.80. The van der Waals surface area contributed by atoms with Crippen LogP contribution in [0.15, 0.2) is 47.1 Å². The van der Waals surface area contributed by atoms with Crippen LogP contribution in [0.5, 0.6) is 23.0 Å². The SMILES string of the molecule is COc1cc(C=O)c(-c2cc(-c3ccco3)ccc2O)c(OC)c1OC. The molecule has 0 atom stereocenters. The molecule has 6 nitrogen and oxygen atoms in total. The van der Waals surface area contributed by atoms with Gasteiger partial charge in [-0.2, -0.15) is 0 Å². The zero-order valence-corrected chi connectivity index (χ0v) is 14.6. The number of furan rings is 1. The van der Waals surface area contributed by atoms with Crippen LogP contribution in [0.2, 0.25) is 0 Å². The number of hydrogen-bond donors (Lipinski definition) is 1. The van der Waals surface area contributed by atoms with Crippen LogP contribution in [-0.2, 0) is 0 Å². The van der Waals surface area contributed by atoms with Crippen LogP contribution in [0.25, 0.3) is 22.5 Å². The number of methoxy groups -OCH3 is 3. The summed E-state index contributed by atoms with van der Waals surface area (Å²) in [6, 6.07) is 10.1. The van der Waals surface area contributed by atoms with Crippen molar-refractivity contribution in [3.63, 3.8) is 0 Å². The minimum atomic E-state index is -0.00562. The molecule has 0 radical (unpaired) electrons. The molecule has 3 rings (SSSR count). The largest absolute Gasteiger partial charge is 0.507 e. The molecule has 0 unspecified atom stereocenters. The van der Waals surface area contributed by atoms with Gasteiger partial charge in [0.05, 0.1) is 27.6 Å². The molecule has 1 aromatic heterocycles. The Hall–Kier alpha value is -3.41. The number of phenolic OH excluding ortho intramolecular Hbond substituents is 1. The Balaban J connectivity index is 2.32. The summed E-state index contributed by atoms with van der Waals surface area (Å²) in [4.78, 5) is 11.7. The van der Waals surface area contributed by atoms with E-state index in [0.29, 0.717) is 46.0 Å². The van der Waals surface area contributed by atoms with Crippen LogP contribution in [-0.4, -0.2) is 32.7 Å². The molecule has 134 valence electrons. The van der Waals surface area contributed by atoms with Crippen LogP contribution in [0.1, 0.15) is 10.4 Å². The molecular weight excluding hydrogens is 336 g/mol. The fourth-order valence-electron chi connectivity index (χ4n) is 2.88. The van der Waals surface area contributed by atoms with Crippen molar-refractivity contribution in [3.05, 3.63) is 48.2 Å². The summed E-state index contributed by atoms with van der Waals surface area (Å²) in [6.45, 7) is 0. The summed E-state index contributed by atoms with van der Waals surface area (Å²) >= 11 is 0. The summed E-state index contributed by atoms with van der Waals surface area (Å²) in [6.07, 6.45) is 2.24. The first-order chi connectivity index (χ1) is 12.6. The van der Waals surface area contributed by atoms with Gasteiger partial charge < -0.3 is 23.7 Å². The quantitative estimate of drug-likeness (QED) is 0.670. The number of carbonyl (C=O) groups is 1. The normalized spacial score (nSPS) is 10.4. The summed E-state index contributed by atoms with van der Waals surface area (Å²) in [5, 5.41) is 10.4. The van der Waals surface area contributed by atoms with Gasteiger partial charge in [0.1, 0.15) is 11.5 Å². The molecular formula is C20H18O6. The highest BCUT2D eigenvalue weighted by molar-refractivity contribution is 5.95. The van der Waals surface area contributed by atoms with Gasteiger partial charge in [-0.05, 0) is 36.4 Å². The third-order valence-corrected chi connectivity index (χ3v) is 4.06. The van der Waals surface area contributed by atoms with Crippen molar-refractivity contribution in [2.45, 2.75) is 0 Å². The average molecular weight is 354 g/mol. The van der Waals surface area contributed by atoms with E-state index in [9.17, 15) is 9.90 Å². The topological polar surface area (TPSA) is 78.1 Å². The number of phenols is 1. The van der Waals surface area contributed by atoms with E-state index in [1.807, 2.05) is 6.07 Å². The van der Waals surface area contributed by atoms with Crippen LogP contribution in [0.4, 0.5) is 0 Å². The monoisotopic (exact) mass is 354 g/mol. The lowest BCUT2D eigenvalue weighted by Gasteiger charge is -2.19. The van der Waals surface area contributed by atoms with Crippen molar-refractivity contribution in [2.24, 2.45) is 0 Å². The Morgan fingerprint density at radius 1 is 1.00 bits per heavy atom. The summed E-state index contributed by atoms with van der Waals surface area (Å²) in [5.41, 5.74) is 1.87. The molecule has 0 amide bonds. The molecule has 0 aliphatic carbocycles. The number of hydrogen-bond acceptors (Lipinski definition) is 6. The molecule has 0 bridgehead atoms. The lowest BCUT2D eigenvalue weighted by Crippen LogP contribution is -2.01. The highest BCUT2D eigenvalue weighted by Crippen LogP contribution is 2.48. The van der Waals surface area contributed by atoms with Gasteiger partial charge in [0, 0.05) is 22.3 Å². The molecule has 3 aromatic rings. The van der Waals surface area contributed by atoms with Gasteiger partial charge in [-0.25, -0.2) is 0 Å². The predicted molar refractivity (Wildman–Crippen MR) is 96.3 cm³/mol. The highest BCUT2D eigenvalue weighted by Gasteiger charge is 2.24. The van der Waals surface area contributed by atoms with E-state index in [2.05, 4.69) is 0 Å². The number of aromatic hydroxyl groups is 1. The maximum absolute atomic E-state index is 11.7. The zero-order chi connectivity index (χ0) is 18.7. The Labute approximate surface area is 150 Å². The summed E-state index contributed by atoms with van der Waals surface area (Å²) in [7, 11) is 4.41. The number of carbonyl (C=O) groups excluding carboxylic acids is 1. The van der Waals surface area contributed by atoms with Crippen LogP contribution in [0.3, 0.4) is 0 Å². The van der Waals surface area contributed by atoms with Gasteiger partial charge in [0.25, 0.3) is 0 Å². The Bertz CT molecular complexity index is 928. The van der Waals surface area contributed by atoms with Gasteiger partial charge in [-0.1, -0.05) is 0 Å².